The number of rotatable bonds is 11. The molecule has 4 aromatic carbocycles. The first-order valence-electron chi connectivity index (χ1n) is 16.8. The minimum Gasteiger partial charge on any atom is -0.493 e. The Morgan fingerprint density at radius 3 is 1.35 bits per heavy atom. The van der Waals surface area contributed by atoms with Gasteiger partial charge in [0.25, 0.3) is 0 Å². The Hall–Kier alpha value is -3.64. The molecule has 0 bridgehead atoms. The molecule has 0 fully saturated rings. The van der Waals surface area contributed by atoms with Crippen molar-refractivity contribution in [2.24, 2.45) is 0 Å². The minimum absolute atomic E-state index is 0. The van der Waals surface area contributed by atoms with Crippen molar-refractivity contribution in [2.45, 2.75) is 85.5 Å². The molecule has 1 aliphatic heterocycles. The normalized spacial score (nSPS) is 12.1. The van der Waals surface area contributed by atoms with Gasteiger partial charge in [-0.15, -0.1) is 24.3 Å². The number of hydrogen-bond acceptors (Lipinski definition) is 0. The summed E-state index contributed by atoms with van der Waals surface area (Å²) in [6, 6.07) is 37.2. The third-order valence-electron chi connectivity index (χ3n) is 8.02. The fourth-order valence-corrected chi connectivity index (χ4v) is 5.48. The van der Waals surface area contributed by atoms with E-state index in [2.05, 4.69) is 90.1 Å². The second-order valence-electron chi connectivity index (χ2n) is 11.8. The van der Waals surface area contributed by atoms with E-state index in [0.717, 1.165) is 65.8 Å². The maximum Gasteiger partial charge on any atom is 2.00 e. The van der Waals surface area contributed by atoms with Gasteiger partial charge in [-0.25, -0.2) is 4.70 Å². The van der Waals surface area contributed by atoms with Gasteiger partial charge in [0.1, 0.15) is 0 Å². The monoisotopic (exact) mass is 702 g/mol. The van der Waals surface area contributed by atoms with E-state index in [0.29, 0.717) is 0 Å². The molecular weight excluding hydrogens is 651 g/mol. The van der Waals surface area contributed by atoms with Gasteiger partial charge < -0.3 is 5.53 Å². The van der Waals surface area contributed by atoms with E-state index in [1.54, 1.807) is 0 Å². The van der Waals surface area contributed by atoms with Crippen LogP contribution in [0.25, 0.3) is 16.9 Å². The molecule has 2 nitrogen and oxygen atoms in total. The van der Waals surface area contributed by atoms with Crippen molar-refractivity contribution in [2.75, 3.05) is 0 Å². The van der Waals surface area contributed by atoms with Crippen LogP contribution < -0.4 is 0 Å². The van der Waals surface area contributed by atoms with Gasteiger partial charge in [-0.05, 0) is 80.8 Å². The molecular formula is C43H52N2Pd. The molecule has 4 aromatic rings. The first kappa shape index (κ1) is 38.5. The summed E-state index contributed by atoms with van der Waals surface area (Å²) in [7, 11) is 0. The Morgan fingerprint density at radius 1 is 0.543 bits per heavy atom. The first-order chi connectivity index (χ1) is 21.9. The molecule has 0 aromatic heterocycles. The van der Waals surface area contributed by atoms with E-state index in [1.165, 1.54) is 52.7 Å². The molecule has 0 unspecified atom stereocenters. The van der Waals surface area contributed by atoms with Crippen molar-refractivity contribution >= 4 is 11.4 Å². The van der Waals surface area contributed by atoms with Crippen LogP contribution in [0.1, 0.15) is 106 Å². The van der Waals surface area contributed by atoms with E-state index >= 15 is 0 Å². The van der Waals surface area contributed by atoms with Gasteiger partial charge in [-0.2, -0.15) is 49.2 Å². The average molecular weight is 703 g/mol. The van der Waals surface area contributed by atoms with Gasteiger partial charge in [-0.1, -0.05) is 76.4 Å². The van der Waals surface area contributed by atoms with Crippen LogP contribution in [0, 0.1) is 13.8 Å². The number of aryl methyl sites for hydroxylation is 2. The van der Waals surface area contributed by atoms with Crippen molar-refractivity contribution in [1.82, 2.24) is 0 Å². The molecule has 3 heteroatoms. The van der Waals surface area contributed by atoms with Crippen molar-refractivity contribution in [1.29, 1.82) is 0 Å². The van der Waals surface area contributed by atoms with Crippen LogP contribution in [0.4, 0.5) is 0 Å². The second kappa shape index (κ2) is 21.2. The molecule has 1 heterocycles. The van der Waals surface area contributed by atoms with Crippen LogP contribution in [-0.4, -0.2) is 4.70 Å². The van der Waals surface area contributed by atoms with E-state index in [1.807, 2.05) is 60.7 Å². The molecule has 0 aliphatic carbocycles. The zero-order valence-corrected chi connectivity index (χ0v) is 29.9. The van der Waals surface area contributed by atoms with E-state index in [4.69, 9.17) is 0 Å². The molecule has 0 N–H and O–H groups in total. The summed E-state index contributed by atoms with van der Waals surface area (Å²) in [6.07, 6.45) is 10.2. The summed E-state index contributed by atoms with van der Waals surface area (Å²) < 4.78 is 1.47. The maximum absolute atomic E-state index is 11.4. The van der Waals surface area contributed by atoms with Crippen molar-refractivity contribution < 1.29 is 25.1 Å². The standard InChI is InChI=1S/C29H38N2.2C7H7.Pd/c1-5-8-13-23-15-11-17-25(20-23)28-22(4)27(19-10-7-3)29(31(28)30)26-18-12-16-24(21-26)14-9-6-2;2*1-7-5-3-2-4-6-7;/h11-12,15-18,20-21H,5-10,13-14,19H2,1-4H3;2*2-6H,1H2;/q;2*-1;+2. The summed E-state index contributed by atoms with van der Waals surface area (Å²) in [5.74, 6) is 0. The third kappa shape index (κ3) is 11.9. The van der Waals surface area contributed by atoms with E-state index < -0.39 is 0 Å². The molecule has 0 amide bonds. The summed E-state index contributed by atoms with van der Waals surface area (Å²) >= 11 is 0. The van der Waals surface area contributed by atoms with Crippen molar-refractivity contribution in [3.05, 3.63) is 173 Å². The molecule has 46 heavy (non-hydrogen) atoms. The molecule has 0 saturated heterocycles. The molecule has 0 spiro atoms. The maximum atomic E-state index is 11.4. The molecule has 0 saturated carbocycles. The van der Waals surface area contributed by atoms with Crippen molar-refractivity contribution in [3.63, 3.8) is 0 Å². The Labute approximate surface area is 293 Å². The van der Waals surface area contributed by atoms with Gasteiger partial charge in [0.05, 0.1) is 0 Å². The summed E-state index contributed by atoms with van der Waals surface area (Å²) in [5.41, 5.74) is 22.9. The van der Waals surface area contributed by atoms with Crippen LogP contribution >= 0.6 is 0 Å². The largest absolute Gasteiger partial charge is 2.00 e. The van der Waals surface area contributed by atoms with Gasteiger partial charge in [0.15, 0.2) is 0 Å². The van der Waals surface area contributed by atoms with Crippen molar-refractivity contribution in [3.8, 4) is 0 Å². The molecule has 0 radical (unpaired) electrons. The number of hydrogen-bond donors (Lipinski definition) is 0. The van der Waals surface area contributed by atoms with Crippen LogP contribution in [0.3, 0.4) is 0 Å². The Balaban J connectivity index is 0.000000401. The van der Waals surface area contributed by atoms with Gasteiger partial charge in [0.2, 0.25) is 11.4 Å². The molecule has 0 atom stereocenters. The zero-order valence-electron chi connectivity index (χ0n) is 28.4. The number of allylic oxidation sites excluding steroid dienone is 2. The molecule has 5 rings (SSSR count). The Bertz CT molecular complexity index is 1500. The predicted molar refractivity (Wildman–Crippen MR) is 195 cm³/mol. The van der Waals surface area contributed by atoms with E-state index in [-0.39, 0.29) is 20.4 Å². The fourth-order valence-electron chi connectivity index (χ4n) is 5.48. The SMILES string of the molecule is CCCCC1=C(c2cccc(CCCC)c2)[N+](=[N-])C(c2cccc(CCCC)c2)=C1C.[CH2-]c1ccccc1.[CH2-]c1ccccc1.[Pd+2]. The Morgan fingerprint density at radius 2 is 0.957 bits per heavy atom. The van der Waals surface area contributed by atoms with Gasteiger partial charge in [-0.3, -0.25) is 0 Å². The second-order valence-corrected chi connectivity index (χ2v) is 11.8. The predicted octanol–water partition coefficient (Wildman–Crippen LogP) is 12.5. The fraction of sp³-hybridized carbons (Fsp3) is 0.302. The average Bonchev–Trinajstić information content (AvgIpc) is 3.31. The minimum atomic E-state index is 0. The topological polar surface area (TPSA) is 25.3 Å². The van der Waals surface area contributed by atoms with Crippen LogP contribution in [0.5, 0.6) is 0 Å². The van der Waals surface area contributed by atoms with Crippen LogP contribution in [-0.2, 0) is 33.3 Å². The summed E-state index contributed by atoms with van der Waals surface area (Å²) in [4.78, 5) is 0. The smallest absolute Gasteiger partial charge is 0.493 e. The van der Waals surface area contributed by atoms with Crippen LogP contribution in [0.15, 0.2) is 120 Å². The van der Waals surface area contributed by atoms with Gasteiger partial charge in [0, 0.05) is 22.3 Å². The molecule has 244 valence electrons. The van der Waals surface area contributed by atoms with Gasteiger partial charge >= 0.3 is 20.4 Å². The van der Waals surface area contributed by atoms with E-state index in [9.17, 15) is 5.53 Å². The Kier molecular flexibility index (Phi) is 17.8. The first-order valence-corrected chi connectivity index (χ1v) is 16.8. The number of unbranched alkanes of at least 4 members (excludes halogenated alkanes) is 3. The molecule has 1 aliphatic rings. The number of benzene rings is 4. The summed E-state index contributed by atoms with van der Waals surface area (Å²) in [5, 5.41) is 0. The quantitative estimate of drug-likeness (QED) is 0.0844. The number of nitrogens with zero attached hydrogens (tertiary/aromatic N) is 2. The zero-order chi connectivity index (χ0) is 32.4. The van der Waals surface area contributed by atoms with Crippen LogP contribution in [0.2, 0.25) is 0 Å². The third-order valence-corrected chi connectivity index (χ3v) is 8.02. The summed E-state index contributed by atoms with van der Waals surface area (Å²) in [6.45, 7) is 16.3.